The van der Waals surface area contributed by atoms with Gasteiger partial charge in [0.05, 0.1) is 19.6 Å². The molecular weight excluding hydrogens is 269 g/mol. The fourth-order valence-corrected chi connectivity index (χ4v) is 2.22. The van der Waals surface area contributed by atoms with Crippen LogP contribution in [0.4, 0.5) is 0 Å². The minimum Gasteiger partial charge on any atom is -0.632 e. The highest BCUT2D eigenvalue weighted by molar-refractivity contribution is 7.51. The number of carboxylic acid groups (broad SMARTS) is 1. The zero-order chi connectivity index (χ0) is 14.4. The lowest BCUT2D eigenvalue weighted by atomic mass is 10.4. The van der Waals surface area contributed by atoms with Crippen molar-refractivity contribution < 1.29 is 38.4 Å². The molecule has 10 heteroatoms. The van der Waals surface area contributed by atoms with Crippen LogP contribution in [0, 0.1) is 5.21 Å². The number of ether oxygens (including phenoxy) is 1. The van der Waals surface area contributed by atoms with E-state index in [9.17, 15) is 19.4 Å². The SMILES string of the molecule is CCOC(=O)CC[N+]([O-])(CC(=O)O)CP(=O)(O)O. The van der Waals surface area contributed by atoms with Crippen molar-refractivity contribution in [2.24, 2.45) is 0 Å². The lowest BCUT2D eigenvalue weighted by Gasteiger charge is -2.40. The van der Waals surface area contributed by atoms with Gasteiger partial charge in [0.15, 0.2) is 12.8 Å². The Labute approximate surface area is 103 Å². The Morgan fingerprint density at radius 1 is 1.39 bits per heavy atom. The van der Waals surface area contributed by atoms with Crippen LogP contribution in [0.5, 0.6) is 0 Å². The Balaban J connectivity index is 4.62. The number of hydrogen-bond donors (Lipinski definition) is 3. The summed E-state index contributed by atoms with van der Waals surface area (Å²) in [5, 5.41) is 20.4. The first-order chi connectivity index (χ1) is 8.08. The number of aliphatic carboxylic acids is 1. The van der Waals surface area contributed by atoms with Crippen molar-refractivity contribution >= 4 is 19.5 Å². The minimum atomic E-state index is -4.67. The molecule has 9 nitrogen and oxygen atoms in total. The van der Waals surface area contributed by atoms with E-state index >= 15 is 0 Å². The molecule has 106 valence electrons. The number of esters is 1. The van der Waals surface area contributed by atoms with E-state index in [0.717, 1.165) is 0 Å². The van der Waals surface area contributed by atoms with Crippen LogP contribution in [0.25, 0.3) is 0 Å². The van der Waals surface area contributed by atoms with Crippen LogP contribution in [-0.4, -0.2) is 57.5 Å². The molecule has 0 rings (SSSR count). The van der Waals surface area contributed by atoms with Crippen molar-refractivity contribution in [3.8, 4) is 0 Å². The van der Waals surface area contributed by atoms with Crippen molar-refractivity contribution in [2.45, 2.75) is 13.3 Å². The van der Waals surface area contributed by atoms with Gasteiger partial charge in [-0.05, 0) is 6.92 Å². The van der Waals surface area contributed by atoms with Crippen LogP contribution >= 0.6 is 7.60 Å². The topological polar surface area (TPSA) is 144 Å². The smallest absolute Gasteiger partial charge is 0.379 e. The molecule has 0 heterocycles. The summed E-state index contributed by atoms with van der Waals surface area (Å²) in [7, 11) is -4.67. The van der Waals surface area contributed by atoms with E-state index in [-0.39, 0.29) is 6.61 Å². The molecule has 1 atom stereocenters. The highest BCUT2D eigenvalue weighted by atomic mass is 31.2. The molecule has 18 heavy (non-hydrogen) atoms. The third kappa shape index (κ3) is 8.15. The summed E-state index contributed by atoms with van der Waals surface area (Å²) in [6, 6.07) is 0. The lowest BCUT2D eigenvalue weighted by Crippen LogP contribution is -2.47. The second-order valence-corrected chi connectivity index (χ2v) is 5.31. The van der Waals surface area contributed by atoms with E-state index in [2.05, 4.69) is 4.74 Å². The van der Waals surface area contributed by atoms with Gasteiger partial charge < -0.3 is 29.5 Å². The van der Waals surface area contributed by atoms with E-state index in [0.29, 0.717) is 0 Å². The van der Waals surface area contributed by atoms with Crippen LogP contribution < -0.4 is 0 Å². The Bertz CT molecular complexity index is 353. The molecule has 3 N–H and O–H groups in total. The molecule has 0 bridgehead atoms. The molecule has 0 spiro atoms. The summed E-state index contributed by atoms with van der Waals surface area (Å²) in [5.74, 6) is -2.21. The largest absolute Gasteiger partial charge is 0.632 e. The molecule has 0 aliphatic rings. The van der Waals surface area contributed by atoms with Crippen LogP contribution in [0.3, 0.4) is 0 Å². The van der Waals surface area contributed by atoms with E-state index in [4.69, 9.17) is 14.9 Å². The first-order valence-corrected chi connectivity index (χ1v) is 6.87. The Hall–Kier alpha value is -0.990. The van der Waals surface area contributed by atoms with Gasteiger partial charge in [0.25, 0.3) is 0 Å². The summed E-state index contributed by atoms with van der Waals surface area (Å²) >= 11 is 0. The molecule has 0 aromatic carbocycles. The molecule has 0 saturated carbocycles. The molecule has 0 fully saturated rings. The third-order valence-electron chi connectivity index (χ3n) is 1.89. The maximum Gasteiger partial charge on any atom is 0.379 e. The zero-order valence-electron chi connectivity index (χ0n) is 9.81. The van der Waals surface area contributed by atoms with Gasteiger partial charge in [-0.25, -0.2) is 4.79 Å². The fraction of sp³-hybridized carbons (Fsp3) is 0.750. The summed E-state index contributed by atoms with van der Waals surface area (Å²) in [4.78, 5) is 39.0. The van der Waals surface area contributed by atoms with Gasteiger partial charge in [0, 0.05) is 0 Å². The predicted molar refractivity (Wildman–Crippen MR) is 59.2 cm³/mol. The monoisotopic (exact) mass is 285 g/mol. The maximum absolute atomic E-state index is 11.9. The van der Waals surface area contributed by atoms with Gasteiger partial charge >= 0.3 is 19.5 Å². The molecule has 0 amide bonds. The molecule has 0 aromatic heterocycles. The molecule has 0 aliphatic carbocycles. The average Bonchev–Trinajstić information content (AvgIpc) is 2.11. The molecule has 0 aliphatic heterocycles. The van der Waals surface area contributed by atoms with Gasteiger partial charge in [0.1, 0.15) is 0 Å². The highest BCUT2D eigenvalue weighted by Crippen LogP contribution is 2.37. The van der Waals surface area contributed by atoms with Gasteiger partial charge in [-0.2, -0.15) is 0 Å². The van der Waals surface area contributed by atoms with E-state index in [1.54, 1.807) is 6.92 Å². The number of quaternary nitrogens is 1. The van der Waals surface area contributed by atoms with Gasteiger partial charge in [-0.15, -0.1) is 0 Å². The number of carbonyl (C=O) groups is 2. The second-order valence-electron chi connectivity index (χ2n) is 3.69. The first-order valence-electron chi connectivity index (χ1n) is 5.07. The van der Waals surface area contributed by atoms with Crippen molar-refractivity contribution in [3.63, 3.8) is 0 Å². The summed E-state index contributed by atoms with van der Waals surface area (Å²) in [6.45, 7) is 0.0833. The molecular formula is C8H16NO8P. The zero-order valence-corrected chi connectivity index (χ0v) is 10.7. The van der Waals surface area contributed by atoms with Gasteiger partial charge in [0.2, 0.25) is 0 Å². The Morgan fingerprint density at radius 2 is 1.94 bits per heavy atom. The van der Waals surface area contributed by atoms with Crippen LogP contribution in [-0.2, 0) is 18.9 Å². The lowest BCUT2D eigenvalue weighted by molar-refractivity contribution is -0.862. The normalized spacial score (nSPS) is 14.9. The molecule has 0 aromatic rings. The number of carbonyl (C=O) groups excluding carboxylic acids is 1. The standard InChI is InChI=1S/C8H16NO8P/c1-2-17-8(12)3-4-9(13,5-7(10)11)6-18(14,15)16/h2-6H2,1H3,(H,10,11)(H2,14,15,16). The predicted octanol–water partition coefficient (Wildman–Crippen LogP) is -0.526. The summed E-state index contributed by atoms with van der Waals surface area (Å²) < 4.78 is 13.6. The van der Waals surface area contributed by atoms with Crippen LogP contribution in [0.2, 0.25) is 0 Å². The summed E-state index contributed by atoms with van der Waals surface area (Å²) in [6.07, 6.45) is -1.58. The third-order valence-corrected chi connectivity index (χ3v) is 2.78. The van der Waals surface area contributed by atoms with E-state index in [1.165, 1.54) is 0 Å². The quantitative estimate of drug-likeness (QED) is 0.234. The molecule has 0 saturated heterocycles. The van der Waals surface area contributed by atoms with Gasteiger partial charge in [-0.1, -0.05) is 0 Å². The Kier molecular flexibility index (Phi) is 6.44. The second kappa shape index (κ2) is 6.81. The maximum atomic E-state index is 11.9. The number of nitrogens with zero attached hydrogens (tertiary/aromatic N) is 1. The highest BCUT2D eigenvalue weighted by Gasteiger charge is 2.31. The first kappa shape index (κ1) is 17.0. The Morgan fingerprint density at radius 3 is 2.33 bits per heavy atom. The summed E-state index contributed by atoms with van der Waals surface area (Å²) in [5.41, 5.74) is 0. The van der Waals surface area contributed by atoms with Crippen LogP contribution in [0.1, 0.15) is 13.3 Å². The minimum absolute atomic E-state index is 0.106. The van der Waals surface area contributed by atoms with Crippen molar-refractivity contribution in [1.82, 2.24) is 0 Å². The van der Waals surface area contributed by atoms with E-state index < -0.39 is 50.0 Å². The number of carboxylic acids is 1. The van der Waals surface area contributed by atoms with Crippen molar-refractivity contribution in [3.05, 3.63) is 5.21 Å². The van der Waals surface area contributed by atoms with Crippen LogP contribution in [0.15, 0.2) is 0 Å². The molecule has 0 radical (unpaired) electrons. The van der Waals surface area contributed by atoms with Crippen molar-refractivity contribution in [1.29, 1.82) is 0 Å². The molecule has 1 unspecified atom stereocenters. The number of hydrogen-bond acceptors (Lipinski definition) is 5. The average molecular weight is 285 g/mol. The van der Waals surface area contributed by atoms with E-state index in [1.807, 2.05) is 0 Å². The fourth-order valence-electron chi connectivity index (χ4n) is 1.31. The van der Waals surface area contributed by atoms with Crippen molar-refractivity contribution in [2.75, 3.05) is 26.0 Å². The number of hydroxylamine groups is 3. The van der Waals surface area contributed by atoms with Gasteiger partial charge in [-0.3, -0.25) is 9.36 Å². The number of rotatable bonds is 8.